The van der Waals surface area contributed by atoms with E-state index in [1.165, 1.54) is 18.1 Å². The Hall–Kier alpha value is -2.70. The van der Waals surface area contributed by atoms with Gasteiger partial charge in [0.2, 0.25) is 11.8 Å². The van der Waals surface area contributed by atoms with Gasteiger partial charge in [-0.2, -0.15) is 0 Å². The van der Waals surface area contributed by atoms with E-state index in [1.54, 1.807) is 0 Å². The Kier molecular flexibility index (Phi) is 11.3. The Morgan fingerprint density at radius 3 is 2.24 bits per heavy atom. The van der Waals surface area contributed by atoms with Gasteiger partial charge in [-0.25, -0.2) is 4.79 Å². The average Bonchev–Trinajstić information content (AvgIpc) is 2.66. The Morgan fingerprint density at radius 2 is 1.62 bits per heavy atom. The van der Waals surface area contributed by atoms with E-state index in [9.17, 15) is 24.3 Å². The number of rotatable bonds is 14. The number of Topliss-reactive ketones (excluding diaryl/α,β-unsaturated/α-hetero) is 1. The van der Waals surface area contributed by atoms with E-state index in [4.69, 9.17) is 0 Å². The molecule has 0 aliphatic carbocycles. The van der Waals surface area contributed by atoms with Gasteiger partial charge in [0.25, 0.3) is 0 Å². The van der Waals surface area contributed by atoms with Crippen molar-refractivity contribution in [2.24, 2.45) is 0 Å². The molecule has 0 unspecified atom stereocenters. The summed E-state index contributed by atoms with van der Waals surface area (Å²) >= 11 is 0. The maximum Gasteiger partial charge on any atom is 0.326 e. The van der Waals surface area contributed by atoms with Gasteiger partial charge >= 0.3 is 5.97 Å². The molecule has 0 saturated carbocycles. The number of carbonyl (C=O) groups is 4. The van der Waals surface area contributed by atoms with E-state index < -0.39 is 17.9 Å². The van der Waals surface area contributed by atoms with Crippen molar-refractivity contribution in [1.29, 1.82) is 0 Å². The predicted octanol–water partition coefficient (Wildman–Crippen LogP) is 2.54. The van der Waals surface area contributed by atoms with Crippen molar-refractivity contribution in [3.05, 3.63) is 35.4 Å². The van der Waals surface area contributed by atoms with Gasteiger partial charge in [-0.1, -0.05) is 29.8 Å². The molecule has 0 radical (unpaired) electrons. The van der Waals surface area contributed by atoms with Gasteiger partial charge in [-0.15, -0.1) is 0 Å². The smallest absolute Gasteiger partial charge is 0.326 e. The average molecular weight is 405 g/mol. The van der Waals surface area contributed by atoms with E-state index in [0.29, 0.717) is 25.8 Å². The first-order valence-electron chi connectivity index (χ1n) is 10.1. The number of carboxylic acid groups (broad SMARTS) is 1. The third kappa shape index (κ3) is 11.7. The van der Waals surface area contributed by atoms with Crippen LogP contribution >= 0.6 is 0 Å². The first-order valence-corrected chi connectivity index (χ1v) is 10.1. The number of hydrogen-bond donors (Lipinski definition) is 3. The second-order valence-corrected chi connectivity index (χ2v) is 7.35. The van der Waals surface area contributed by atoms with Crippen molar-refractivity contribution < 1.29 is 24.3 Å². The van der Waals surface area contributed by atoms with Gasteiger partial charge in [-0.05, 0) is 51.5 Å². The summed E-state index contributed by atoms with van der Waals surface area (Å²) in [7, 11) is 0. The molecule has 29 heavy (non-hydrogen) atoms. The summed E-state index contributed by atoms with van der Waals surface area (Å²) < 4.78 is 0. The summed E-state index contributed by atoms with van der Waals surface area (Å²) in [5, 5.41) is 14.5. The molecule has 7 heteroatoms. The molecule has 3 N–H and O–H groups in total. The fourth-order valence-corrected chi connectivity index (χ4v) is 2.81. The number of amides is 2. The molecule has 0 saturated heterocycles. The highest BCUT2D eigenvalue weighted by atomic mass is 16.4. The molecule has 0 aliphatic heterocycles. The molecular weight excluding hydrogens is 372 g/mol. The minimum atomic E-state index is -1.10. The number of unbranched alkanes of at least 4 members (excludes halogenated alkanes) is 1. The van der Waals surface area contributed by atoms with E-state index in [2.05, 4.69) is 34.9 Å². The summed E-state index contributed by atoms with van der Waals surface area (Å²) in [5.41, 5.74) is 2.43. The number of ketones is 1. The molecule has 1 rings (SSSR count). The summed E-state index contributed by atoms with van der Waals surface area (Å²) in [5.74, 6) is -1.65. The minimum absolute atomic E-state index is 0.00222. The fraction of sp³-hybridized carbons (Fsp3) is 0.545. The van der Waals surface area contributed by atoms with Crippen LogP contribution in [-0.2, 0) is 25.6 Å². The Bertz CT molecular complexity index is 685. The maximum absolute atomic E-state index is 11.9. The Morgan fingerprint density at radius 1 is 0.931 bits per heavy atom. The van der Waals surface area contributed by atoms with Crippen molar-refractivity contribution >= 4 is 23.6 Å². The van der Waals surface area contributed by atoms with Crippen LogP contribution in [0.2, 0.25) is 0 Å². The van der Waals surface area contributed by atoms with Gasteiger partial charge in [0.05, 0.1) is 0 Å². The molecule has 0 aromatic heterocycles. The number of benzene rings is 1. The highest BCUT2D eigenvalue weighted by Gasteiger charge is 2.19. The molecule has 7 nitrogen and oxygen atoms in total. The third-order valence-electron chi connectivity index (χ3n) is 4.57. The molecule has 0 fully saturated rings. The van der Waals surface area contributed by atoms with E-state index in [0.717, 1.165) is 12.8 Å². The largest absolute Gasteiger partial charge is 0.480 e. The van der Waals surface area contributed by atoms with Gasteiger partial charge in [0.1, 0.15) is 11.8 Å². The SMILES string of the molecule is CC(=O)CCC(=O)N[C@H](CCCCNC(=O)CCCc1ccc(C)cc1)C(=O)O. The molecule has 0 aliphatic rings. The topological polar surface area (TPSA) is 113 Å². The van der Waals surface area contributed by atoms with E-state index in [-0.39, 0.29) is 31.0 Å². The first kappa shape index (κ1) is 24.3. The van der Waals surface area contributed by atoms with E-state index in [1.807, 2.05) is 6.92 Å². The van der Waals surface area contributed by atoms with Gasteiger partial charge in [0, 0.05) is 25.8 Å². The molecule has 160 valence electrons. The summed E-state index contributed by atoms with van der Waals surface area (Å²) in [6.45, 7) is 3.91. The monoisotopic (exact) mass is 404 g/mol. The van der Waals surface area contributed by atoms with Crippen molar-refractivity contribution in [2.45, 2.75) is 71.3 Å². The zero-order chi connectivity index (χ0) is 21.6. The van der Waals surface area contributed by atoms with Crippen molar-refractivity contribution in [2.75, 3.05) is 6.54 Å². The zero-order valence-electron chi connectivity index (χ0n) is 17.3. The molecule has 0 spiro atoms. The van der Waals surface area contributed by atoms with Crippen molar-refractivity contribution in [3.63, 3.8) is 0 Å². The van der Waals surface area contributed by atoms with Gasteiger partial charge < -0.3 is 20.5 Å². The van der Waals surface area contributed by atoms with Crippen LogP contribution in [-0.4, -0.2) is 41.3 Å². The lowest BCUT2D eigenvalue weighted by Gasteiger charge is -2.14. The lowest BCUT2D eigenvalue weighted by Crippen LogP contribution is -2.40. The number of nitrogens with one attached hydrogen (secondary N) is 2. The molecule has 0 heterocycles. The lowest BCUT2D eigenvalue weighted by molar-refractivity contribution is -0.142. The second kappa shape index (κ2) is 13.5. The van der Waals surface area contributed by atoms with Gasteiger partial charge in [-0.3, -0.25) is 9.59 Å². The quantitative estimate of drug-likeness (QED) is 0.413. The number of aryl methyl sites for hydroxylation is 2. The molecule has 0 bridgehead atoms. The molecule has 1 aromatic carbocycles. The van der Waals surface area contributed by atoms with Crippen LogP contribution in [0.3, 0.4) is 0 Å². The van der Waals surface area contributed by atoms with E-state index >= 15 is 0 Å². The highest BCUT2D eigenvalue weighted by molar-refractivity contribution is 5.86. The summed E-state index contributed by atoms with van der Waals surface area (Å²) in [4.78, 5) is 45.7. The van der Waals surface area contributed by atoms with Crippen LogP contribution in [0.5, 0.6) is 0 Å². The van der Waals surface area contributed by atoms with Crippen LogP contribution in [0.25, 0.3) is 0 Å². The standard InChI is InChI=1S/C22H32N2O5/c1-16-9-12-18(13-10-16)6-5-8-20(26)23-15-4-3-7-19(22(28)29)24-21(27)14-11-17(2)25/h9-10,12-13,19H,3-8,11,14-15H2,1-2H3,(H,23,26)(H,24,27)(H,28,29)/t19-/m1/s1. The van der Waals surface area contributed by atoms with Crippen LogP contribution < -0.4 is 10.6 Å². The Labute approximate surface area is 172 Å². The van der Waals surface area contributed by atoms with Gasteiger partial charge in [0.15, 0.2) is 0 Å². The Balaban J connectivity index is 2.15. The lowest BCUT2D eigenvalue weighted by atomic mass is 10.1. The summed E-state index contributed by atoms with van der Waals surface area (Å²) in [6, 6.07) is 7.30. The highest BCUT2D eigenvalue weighted by Crippen LogP contribution is 2.07. The predicted molar refractivity (Wildman–Crippen MR) is 110 cm³/mol. The van der Waals surface area contributed by atoms with Crippen molar-refractivity contribution in [3.8, 4) is 0 Å². The normalized spacial score (nSPS) is 11.5. The minimum Gasteiger partial charge on any atom is -0.480 e. The number of carboxylic acids is 1. The summed E-state index contributed by atoms with van der Waals surface area (Å²) in [6.07, 6.45) is 3.68. The number of aliphatic carboxylic acids is 1. The second-order valence-electron chi connectivity index (χ2n) is 7.35. The maximum atomic E-state index is 11.9. The molecule has 1 aromatic rings. The van der Waals surface area contributed by atoms with Crippen LogP contribution in [0.1, 0.15) is 63.0 Å². The molecule has 2 amide bonds. The van der Waals surface area contributed by atoms with Crippen molar-refractivity contribution in [1.82, 2.24) is 10.6 Å². The molecular formula is C22H32N2O5. The zero-order valence-corrected chi connectivity index (χ0v) is 17.3. The first-order chi connectivity index (χ1) is 13.8. The van der Waals surface area contributed by atoms with Crippen LogP contribution in [0.4, 0.5) is 0 Å². The number of hydrogen-bond acceptors (Lipinski definition) is 4. The number of carbonyl (C=O) groups excluding carboxylic acids is 3. The third-order valence-corrected chi connectivity index (χ3v) is 4.57. The molecule has 1 atom stereocenters. The fourth-order valence-electron chi connectivity index (χ4n) is 2.81. The van der Waals surface area contributed by atoms with Crippen LogP contribution in [0.15, 0.2) is 24.3 Å². The van der Waals surface area contributed by atoms with Crippen LogP contribution in [0, 0.1) is 6.92 Å².